The van der Waals surface area contributed by atoms with E-state index in [1.54, 1.807) is 6.07 Å². The molecular formula is C20H20Cl2FN5O2S. The standard InChI is InChI=1S/C20H20Cl2FN5O2S/c21-15-16(28-31-17(15)22)18(29)27-20(4-7-24-8-5-20)19(30)25-6-3-11-10-26-14-2-1-12(23)9-13(11)14/h1-2,9-10,24,26H,3-8H2,(H,25,30)(H,27,29). The molecule has 3 aromatic rings. The van der Waals surface area contributed by atoms with Crippen molar-refractivity contribution in [1.82, 2.24) is 25.3 Å². The van der Waals surface area contributed by atoms with Crippen molar-refractivity contribution >= 4 is 57.5 Å². The average Bonchev–Trinajstić information content (AvgIpc) is 3.31. The van der Waals surface area contributed by atoms with Crippen LogP contribution in [0.15, 0.2) is 24.4 Å². The molecule has 31 heavy (non-hydrogen) atoms. The van der Waals surface area contributed by atoms with Crippen LogP contribution in [0.4, 0.5) is 4.39 Å². The van der Waals surface area contributed by atoms with Crippen LogP contribution in [-0.2, 0) is 11.2 Å². The molecule has 3 heterocycles. The van der Waals surface area contributed by atoms with Crippen molar-refractivity contribution in [3.63, 3.8) is 0 Å². The van der Waals surface area contributed by atoms with E-state index < -0.39 is 11.4 Å². The van der Waals surface area contributed by atoms with Gasteiger partial charge in [-0.05, 0) is 67.6 Å². The number of piperidine rings is 1. The van der Waals surface area contributed by atoms with Crippen molar-refractivity contribution in [2.24, 2.45) is 0 Å². The zero-order valence-corrected chi connectivity index (χ0v) is 18.7. The lowest BCUT2D eigenvalue weighted by Gasteiger charge is -2.36. The van der Waals surface area contributed by atoms with Gasteiger partial charge in [0.05, 0.1) is 0 Å². The number of H-pyrrole nitrogens is 1. The van der Waals surface area contributed by atoms with Crippen LogP contribution in [0.3, 0.4) is 0 Å². The summed E-state index contributed by atoms with van der Waals surface area (Å²) in [5.74, 6) is -1.11. The lowest BCUT2D eigenvalue weighted by Crippen LogP contribution is -2.63. The van der Waals surface area contributed by atoms with Crippen LogP contribution in [0.25, 0.3) is 10.9 Å². The first-order valence-corrected chi connectivity index (χ1v) is 11.3. The summed E-state index contributed by atoms with van der Waals surface area (Å²) in [6, 6.07) is 4.55. The van der Waals surface area contributed by atoms with Gasteiger partial charge in [-0.25, -0.2) is 4.39 Å². The number of hydrogen-bond acceptors (Lipinski definition) is 5. The van der Waals surface area contributed by atoms with E-state index in [1.165, 1.54) is 12.1 Å². The number of nitrogens with zero attached hydrogens (tertiary/aromatic N) is 1. The number of aromatic nitrogens is 2. The Morgan fingerprint density at radius 1 is 1.26 bits per heavy atom. The average molecular weight is 484 g/mol. The maximum absolute atomic E-state index is 13.6. The number of nitrogens with one attached hydrogen (secondary N) is 4. The van der Waals surface area contributed by atoms with Crippen molar-refractivity contribution in [2.45, 2.75) is 24.8 Å². The molecule has 2 aromatic heterocycles. The maximum atomic E-state index is 13.6. The molecule has 1 aromatic carbocycles. The molecule has 0 bridgehead atoms. The van der Waals surface area contributed by atoms with Gasteiger partial charge in [0.1, 0.15) is 20.7 Å². The number of fused-ring (bicyclic) bond motifs is 1. The largest absolute Gasteiger partial charge is 0.361 e. The topological polar surface area (TPSA) is 98.9 Å². The molecule has 0 atom stereocenters. The van der Waals surface area contributed by atoms with Crippen LogP contribution in [0, 0.1) is 5.82 Å². The number of benzene rings is 1. The highest BCUT2D eigenvalue weighted by Crippen LogP contribution is 2.30. The lowest BCUT2D eigenvalue weighted by molar-refractivity contribution is -0.128. The van der Waals surface area contributed by atoms with E-state index >= 15 is 0 Å². The van der Waals surface area contributed by atoms with Crippen molar-refractivity contribution in [2.75, 3.05) is 19.6 Å². The first-order chi connectivity index (χ1) is 14.9. The molecule has 1 aliphatic rings. The molecule has 4 N–H and O–H groups in total. The molecule has 0 radical (unpaired) electrons. The number of hydrogen-bond donors (Lipinski definition) is 4. The van der Waals surface area contributed by atoms with Gasteiger partial charge in [-0.15, -0.1) is 0 Å². The number of carbonyl (C=O) groups excluding carboxylic acids is 2. The summed E-state index contributed by atoms with van der Waals surface area (Å²) < 4.78 is 17.8. The SMILES string of the molecule is O=C(NC1(C(=O)NCCc2c[nH]c3ccc(F)cc23)CCNCC1)c1nsc(Cl)c1Cl. The zero-order chi connectivity index (χ0) is 22.0. The number of rotatable bonds is 6. The van der Waals surface area contributed by atoms with Crippen molar-refractivity contribution in [3.8, 4) is 0 Å². The van der Waals surface area contributed by atoms with Crippen LogP contribution in [-0.4, -0.2) is 46.3 Å². The Morgan fingerprint density at radius 3 is 2.74 bits per heavy atom. The van der Waals surface area contributed by atoms with Gasteiger partial charge in [0, 0.05) is 23.6 Å². The zero-order valence-electron chi connectivity index (χ0n) is 16.4. The van der Waals surface area contributed by atoms with E-state index in [0.29, 0.717) is 38.9 Å². The van der Waals surface area contributed by atoms with E-state index in [2.05, 4.69) is 25.3 Å². The van der Waals surface area contributed by atoms with Crippen molar-refractivity contribution < 1.29 is 14.0 Å². The summed E-state index contributed by atoms with van der Waals surface area (Å²) in [4.78, 5) is 29.0. The molecule has 1 aliphatic heterocycles. The third-order valence-electron chi connectivity index (χ3n) is 5.47. The van der Waals surface area contributed by atoms with E-state index in [0.717, 1.165) is 28.0 Å². The fraction of sp³-hybridized carbons (Fsp3) is 0.350. The molecule has 1 saturated heterocycles. The van der Waals surface area contributed by atoms with Crippen molar-refractivity contribution in [1.29, 1.82) is 0 Å². The Morgan fingerprint density at radius 2 is 2.03 bits per heavy atom. The Balaban J connectivity index is 1.44. The summed E-state index contributed by atoms with van der Waals surface area (Å²) in [5, 5.41) is 9.82. The Labute approximate surface area is 191 Å². The van der Waals surface area contributed by atoms with Gasteiger partial charge in [0.15, 0.2) is 5.69 Å². The first-order valence-electron chi connectivity index (χ1n) is 9.77. The maximum Gasteiger partial charge on any atom is 0.273 e. The minimum atomic E-state index is -1.08. The summed E-state index contributed by atoms with van der Waals surface area (Å²) >= 11 is 12.9. The van der Waals surface area contributed by atoms with E-state index in [9.17, 15) is 14.0 Å². The smallest absolute Gasteiger partial charge is 0.273 e. The monoisotopic (exact) mass is 483 g/mol. The molecule has 0 unspecified atom stereocenters. The molecule has 7 nitrogen and oxygen atoms in total. The second-order valence-corrected chi connectivity index (χ2v) is 9.17. The van der Waals surface area contributed by atoms with Gasteiger partial charge in [-0.2, -0.15) is 4.37 Å². The Kier molecular flexibility index (Phi) is 6.47. The van der Waals surface area contributed by atoms with Gasteiger partial charge >= 0.3 is 0 Å². The molecule has 11 heteroatoms. The van der Waals surface area contributed by atoms with E-state index in [4.69, 9.17) is 23.2 Å². The summed E-state index contributed by atoms with van der Waals surface area (Å²) in [6.45, 7) is 1.51. The lowest BCUT2D eigenvalue weighted by atomic mass is 9.87. The molecule has 0 aliphatic carbocycles. The molecule has 1 fully saturated rings. The van der Waals surface area contributed by atoms with Crippen LogP contribution in [0.2, 0.25) is 9.36 Å². The predicted octanol–water partition coefficient (Wildman–Crippen LogP) is 3.28. The number of halogens is 3. The predicted molar refractivity (Wildman–Crippen MR) is 119 cm³/mol. The highest BCUT2D eigenvalue weighted by Gasteiger charge is 2.41. The fourth-order valence-corrected chi connectivity index (χ4v) is 4.77. The number of carbonyl (C=O) groups is 2. The van der Waals surface area contributed by atoms with Crippen molar-refractivity contribution in [3.05, 3.63) is 50.8 Å². The second-order valence-electron chi connectivity index (χ2n) is 7.41. The van der Waals surface area contributed by atoms with Crippen LogP contribution < -0.4 is 16.0 Å². The summed E-state index contributed by atoms with van der Waals surface area (Å²) in [7, 11) is 0. The van der Waals surface area contributed by atoms with Gasteiger partial charge in [0.2, 0.25) is 5.91 Å². The molecule has 4 rings (SSSR count). The van der Waals surface area contributed by atoms with Gasteiger partial charge in [-0.1, -0.05) is 23.2 Å². The first kappa shape index (κ1) is 22.0. The summed E-state index contributed by atoms with van der Waals surface area (Å²) in [5.41, 5.74) is 0.683. The second kappa shape index (κ2) is 9.12. The normalized spacial score (nSPS) is 15.7. The molecular weight excluding hydrogens is 464 g/mol. The molecule has 2 amide bonds. The van der Waals surface area contributed by atoms with Gasteiger partial charge < -0.3 is 20.9 Å². The quantitative estimate of drug-likeness (QED) is 0.432. The van der Waals surface area contributed by atoms with E-state index in [1.807, 2.05) is 6.20 Å². The highest BCUT2D eigenvalue weighted by molar-refractivity contribution is 7.11. The Bertz CT molecular complexity index is 1130. The van der Waals surface area contributed by atoms with Crippen LogP contribution >= 0.6 is 34.7 Å². The third-order valence-corrected chi connectivity index (χ3v) is 7.08. The summed E-state index contributed by atoms with van der Waals surface area (Å²) in [6.07, 6.45) is 3.19. The van der Waals surface area contributed by atoms with Gasteiger partial charge in [0.25, 0.3) is 5.91 Å². The minimum Gasteiger partial charge on any atom is -0.361 e. The van der Waals surface area contributed by atoms with Gasteiger partial charge in [-0.3, -0.25) is 9.59 Å². The fourth-order valence-electron chi connectivity index (χ4n) is 3.78. The molecule has 0 saturated carbocycles. The minimum absolute atomic E-state index is 0.0168. The third kappa shape index (κ3) is 4.55. The van der Waals surface area contributed by atoms with Crippen LogP contribution in [0.1, 0.15) is 28.9 Å². The highest BCUT2D eigenvalue weighted by atomic mass is 35.5. The van der Waals surface area contributed by atoms with Crippen LogP contribution in [0.5, 0.6) is 0 Å². The number of amides is 2. The van der Waals surface area contributed by atoms with E-state index in [-0.39, 0.29) is 26.8 Å². The number of aromatic amines is 1. The molecule has 0 spiro atoms. The Hall–Kier alpha value is -2.20. The molecule has 164 valence electrons.